The Balaban J connectivity index is 1.71. The fourth-order valence-corrected chi connectivity index (χ4v) is 3.90. The Kier molecular flexibility index (Phi) is 9.01. The van der Waals surface area contributed by atoms with E-state index in [1.54, 1.807) is 19.2 Å². The van der Waals surface area contributed by atoms with Crippen LogP contribution in [0.15, 0.2) is 60.7 Å². The van der Waals surface area contributed by atoms with Crippen molar-refractivity contribution < 1.29 is 9.47 Å². The molecule has 0 saturated carbocycles. The quantitative estimate of drug-likeness (QED) is 0.230. The summed E-state index contributed by atoms with van der Waals surface area (Å²) in [5.74, 6) is 1.53. The van der Waals surface area contributed by atoms with Gasteiger partial charge in [0.05, 0.1) is 25.3 Å². The number of rotatable bonds is 10. The van der Waals surface area contributed by atoms with Gasteiger partial charge in [0.1, 0.15) is 6.61 Å². The number of ether oxygens (including phenoxy) is 2. The Hall–Kier alpha value is -3.42. The van der Waals surface area contributed by atoms with Crippen LogP contribution >= 0.6 is 11.6 Å². The third kappa shape index (κ3) is 6.34. The normalized spacial score (nSPS) is 11.1. The highest BCUT2D eigenvalue weighted by atomic mass is 35.5. The van der Waals surface area contributed by atoms with Gasteiger partial charge in [0, 0.05) is 17.3 Å². The molecule has 0 radical (unpaired) electrons. The van der Waals surface area contributed by atoms with Crippen LogP contribution in [-0.4, -0.2) is 26.8 Å². The molecule has 0 amide bonds. The van der Waals surface area contributed by atoms with E-state index in [1.807, 2.05) is 30.3 Å². The molecule has 3 aromatic carbocycles. The van der Waals surface area contributed by atoms with E-state index in [9.17, 15) is 5.26 Å². The Labute approximate surface area is 208 Å². The first kappa shape index (κ1) is 25.2. The number of halogens is 1. The number of hydrogen-bond acceptors (Lipinski definition) is 4. The van der Waals surface area contributed by atoms with Crippen LogP contribution in [0.25, 0.3) is 11.6 Å². The molecule has 5 heteroatoms. The highest BCUT2D eigenvalue weighted by Gasteiger charge is 2.10. The van der Waals surface area contributed by atoms with Gasteiger partial charge in [0.25, 0.3) is 0 Å². The van der Waals surface area contributed by atoms with Gasteiger partial charge in [-0.05, 0) is 85.0 Å². The molecule has 0 aliphatic carbocycles. The summed E-state index contributed by atoms with van der Waals surface area (Å²) in [7, 11) is 1.67. The molecular weight excluding hydrogens is 444 g/mol. The summed E-state index contributed by atoms with van der Waals surface area (Å²) in [6.07, 6.45) is 2.88. The summed E-state index contributed by atoms with van der Waals surface area (Å²) in [6.45, 7) is 8.47. The van der Waals surface area contributed by atoms with Gasteiger partial charge in [0.2, 0.25) is 0 Å². The largest absolute Gasteiger partial charge is 0.493 e. The standard InChI is InChI=1S/C29H31ClN2O2/c1-5-22-7-14-28(29(18-22)33-4)34-16-15-32(6-2)27-13-10-24(21(3)17-27)19-25(20-31)23-8-11-26(30)12-9-23/h7-14,17-19H,5-6,15-16H2,1-4H3/b25-19+. The zero-order valence-electron chi connectivity index (χ0n) is 20.3. The van der Waals surface area contributed by atoms with Crippen molar-refractivity contribution in [3.63, 3.8) is 0 Å². The Morgan fingerprint density at radius 1 is 1.03 bits per heavy atom. The Bertz CT molecular complexity index is 1180. The van der Waals surface area contributed by atoms with Crippen molar-refractivity contribution in [1.82, 2.24) is 0 Å². The van der Waals surface area contributed by atoms with Crippen molar-refractivity contribution in [2.75, 3.05) is 31.7 Å². The molecule has 0 bridgehead atoms. The molecular formula is C29H31ClN2O2. The first-order chi connectivity index (χ1) is 16.5. The maximum atomic E-state index is 9.66. The minimum atomic E-state index is 0.547. The van der Waals surface area contributed by atoms with Crippen molar-refractivity contribution in [2.45, 2.75) is 27.2 Å². The predicted octanol–water partition coefficient (Wildman–Crippen LogP) is 7.19. The van der Waals surface area contributed by atoms with Crippen LogP contribution in [0.1, 0.15) is 36.1 Å². The number of nitriles is 1. The van der Waals surface area contributed by atoms with E-state index in [0.717, 1.165) is 53.4 Å². The molecule has 0 spiro atoms. The van der Waals surface area contributed by atoms with Gasteiger partial charge in [-0.2, -0.15) is 5.26 Å². The third-order valence-corrected chi connectivity index (χ3v) is 6.08. The maximum Gasteiger partial charge on any atom is 0.161 e. The SMILES string of the molecule is CCc1ccc(OCCN(CC)c2ccc(/C=C(\C#N)c3ccc(Cl)cc3)c(C)c2)c(OC)c1. The van der Waals surface area contributed by atoms with Gasteiger partial charge in [0.15, 0.2) is 11.5 Å². The van der Waals surface area contributed by atoms with Crippen molar-refractivity contribution in [3.05, 3.63) is 87.9 Å². The molecule has 176 valence electrons. The van der Waals surface area contributed by atoms with Crippen molar-refractivity contribution >= 4 is 28.9 Å². The first-order valence-electron chi connectivity index (χ1n) is 11.5. The fourth-order valence-electron chi connectivity index (χ4n) is 3.77. The van der Waals surface area contributed by atoms with Crippen LogP contribution in [-0.2, 0) is 6.42 Å². The smallest absolute Gasteiger partial charge is 0.161 e. The van der Waals surface area contributed by atoms with Gasteiger partial charge >= 0.3 is 0 Å². The molecule has 0 atom stereocenters. The lowest BCUT2D eigenvalue weighted by Crippen LogP contribution is -2.28. The second kappa shape index (κ2) is 12.2. The lowest BCUT2D eigenvalue weighted by Gasteiger charge is -2.24. The molecule has 34 heavy (non-hydrogen) atoms. The van der Waals surface area contributed by atoms with E-state index in [1.165, 1.54) is 5.56 Å². The van der Waals surface area contributed by atoms with Gasteiger partial charge in [-0.25, -0.2) is 0 Å². The minimum absolute atomic E-state index is 0.547. The number of allylic oxidation sites excluding steroid dienone is 1. The molecule has 0 N–H and O–H groups in total. The molecule has 0 aromatic heterocycles. The van der Waals surface area contributed by atoms with Crippen LogP contribution in [0.2, 0.25) is 5.02 Å². The fraction of sp³-hybridized carbons (Fsp3) is 0.276. The number of likely N-dealkylation sites (N-methyl/N-ethyl adjacent to an activating group) is 1. The monoisotopic (exact) mass is 474 g/mol. The molecule has 0 aliphatic heterocycles. The van der Waals surface area contributed by atoms with Gasteiger partial charge in [-0.3, -0.25) is 0 Å². The predicted molar refractivity (Wildman–Crippen MR) is 142 cm³/mol. The van der Waals surface area contributed by atoms with E-state index in [2.05, 4.69) is 56.0 Å². The van der Waals surface area contributed by atoms with E-state index in [-0.39, 0.29) is 0 Å². The zero-order valence-corrected chi connectivity index (χ0v) is 21.0. The number of anilines is 1. The molecule has 0 aliphatic rings. The van der Waals surface area contributed by atoms with Crippen molar-refractivity contribution in [1.29, 1.82) is 5.26 Å². The second-order valence-corrected chi connectivity index (χ2v) is 8.42. The molecule has 0 unspecified atom stereocenters. The number of methoxy groups -OCH3 is 1. The summed E-state index contributed by atoms with van der Waals surface area (Å²) in [5.41, 5.74) is 5.93. The lowest BCUT2D eigenvalue weighted by molar-refractivity contribution is 0.299. The number of aryl methyl sites for hydroxylation is 2. The first-order valence-corrected chi connectivity index (χ1v) is 11.9. The second-order valence-electron chi connectivity index (χ2n) is 7.98. The number of benzene rings is 3. The number of hydrogen-bond donors (Lipinski definition) is 0. The maximum absolute atomic E-state index is 9.66. The molecule has 3 aromatic rings. The molecule has 3 rings (SSSR count). The van der Waals surface area contributed by atoms with Crippen LogP contribution in [0.3, 0.4) is 0 Å². The molecule has 0 fully saturated rings. The van der Waals surface area contributed by atoms with E-state index < -0.39 is 0 Å². The third-order valence-electron chi connectivity index (χ3n) is 5.83. The summed E-state index contributed by atoms with van der Waals surface area (Å²) < 4.78 is 11.5. The van der Waals surface area contributed by atoms with Gasteiger partial charge in [-0.15, -0.1) is 0 Å². The highest BCUT2D eigenvalue weighted by Crippen LogP contribution is 2.29. The number of nitrogens with zero attached hydrogens (tertiary/aromatic N) is 2. The topological polar surface area (TPSA) is 45.5 Å². The summed E-state index contributed by atoms with van der Waals surface area (Å²) in [6, 6.07) is 22.0. The summed E-state index contributed by atoms with van der Waals surface area (Å²) in [5, 5.41) is 10.3. The Morgan fingerprint density at radius 2 is 1.79 bits per heavy atom. The van der Waals surface area contributed by atoms with Crippen LogP contribution in [0.5, 0.6) is 11.5 Å². The zero-order chi connectivity index (χ0) is 24.5. The van der Waals surface area contributed by atoms with Gasteiger partial charge in [-0.1, -0.05) is 42.8 Å². The van der Waals surface area contributed by atoms with E-state index in [0.29, 0.717) is 17.2 Å². The lowest BCUT2D eigenvalue weighted by atomic mass is 10.0. The molecule has 4 nitrogen and oxygen atoms in total. The Morgan fingerprint density at radius 3 is 2.41 bits per heavy atom. The molecule has 0 saturated heterocycles. The highest BCUT2D eigenvalue weighted by molar-refractivity contribution is 6.30. The van der Waals surface area contributed by atoms with E-state index >= 15 is 0 Å². The average molecular weight is 475 g/mol. The average Bonchev–Trinajstić information content (AvgIpc) is 2.86. The van der Waals surface area contributed by atoms with Crippen LogP contribution < -0.4 is 14.4 Å². The van der Waals surface area contributed by atoms with E-state index in [4.69, 9.17) is 21.1 Å². The van der Waals surface area contributed by atoms with Crippen LogP contribution in [0, 0.1) is 18.3 Å². The van der Waals surface area contributed by atoms with Gasteiger partial charge < -0.3 is 14.4 Å². The van der Waals surface area contributed by atoms with Crippen molar-refractivity contribution in [2.24, 2.45) is 0 Å². The molecule has 0 heterocycles. The summed E-state index contributed by atoms with van der Waals surface area (Å²) in [4.78, 5) is 2.28. The minimum Gasteiger partial charge on any atom is -0.493 e. The summed E-state index contributed by atoms with van der Waals surface area (Å²) >= 11 is 5.98. The van der Waals surface area contributed by atoms with Crippen LogP contribution in [0.4, 0.5) is 5.69 Å². The van der Waals surface area contributed by atoms with Crippen molar-refractivity contribution in [3.8, 4) is 17.6 Å².